The maximum atomic E-state index is 4.40. The minimum absolute atomic E-state index is 0. The van der Waals surface area contributed by atoms with E-state index in [2.05, 4.69) is 46.8 Å². The van der Waals surface area contributed by atoms with E-state index in [0.717, 1.165) is 23.2 Å². The summed E-state index contributed by atoms with van der Waals surface area (Å²) in [5.74, 6) is 1.41. The molecule has 0 aliphatic heterocycles. The van der Waals surface area contributed by atoms with E-state index in [4.69, 9.17) is 0 Å². The molecule has 1 unspecified atom stereocenters. The third kappa shape index (κ3) is 5.99. The second-order valence-corrected chi connectivity index (χ2v) is 5.43. The van der Waals surface area contributed by atoms with Crippen LogP contribution in [0.15, 0.2) is 10.4 Å². The Bertz CT molecular complexity index is 376. The Morgan fingerprint density at radius 2 is 2.11 bits per heavy atom. The Labute approximate surface area is 131 Å². The van der Waals surface area contributed by atoms with Gasteiger partial charge in [-0.15, -0.1) is 35.3 Å². The van der Waals surface area contributed by atoms with Gasteiger partial charge in [-0.25, -0.2) is 4.98 Å². The molecule has 1 atom stereocenters. The molecule has 0 bridgehead atoms. The molecular weight excluding hydrogens is 359 g/mol. The minimum atomic E-state index is 0. The zero-order chi connectivity index (χ0) is 12.8. The van der Waals surface area contributed by atoms with Crippen molar-refractivity contribution in [2.24, 2.45) is 10.9 Å². The van der Waals surface area contributed by atoms with Crippen LogP contribution >= 0.6 is 35.3 Å². The zero-order valence-corrected chi connectivity index (χ0v) is 14.8. The summed E-state index contributed by atoms with van der Waals surface area (Å²) >= 11 is 1.67. The fraction of sp³-hybridized carbons (Fsp3) is 0.667. The second kappa shape index (κ2) is 8.68. The van der Waals surface area contributed by atoms with Gasteiger partial charge in [0.2, 0.25) is 0 Å². The average Bonchev–Trinajstić information content (AvgIpc) is 2.69. The summed E-state index contributed by atoms with van der Waals surface area (Å²) in [5, 5.41) is 9.78. The van der Waals surface area contributed by atoms with Gasteiger partial charge in [-0.1, -0.05) is 13.8 Å². The number of halogens is 1. The van der Waals surface area contributed by atoms with Crippen molar-refractivity contribution in [3.63, 3.8) is 0 Å². The third-order valence-corrected chi connectivity index (χ3v) is 3.63. The van der Waals surface area contributed by atoms with Crippen LogP contribution in [-0.2, 0) is 6.54 Å². The first-order valence-electron chi connectivity index (χ1n) is 5.91. The van der Waals surface area contributed by atoms with Gasteiger partial charge in [0.1, 0.15) is 5.01 Å². The van der Waals surface area contributed by atoms with Crippen molar-refractivity contribution in [1.82, 2.24) is 15.6 Å². The molecule has 0 saturated heterocycles. The summed E-state index contributed by atoms with van der Waals surface area (Å²) in [4.78, 5) is 8.61. The molecule has 104 valence electrons. The molecule has 0 aliphatic carbocycles. The highest BCUT2D eigenvalue weighted by Crippen LogP contribution is 2.07. The first kappa shape index (κ1) is 17.6. The lowest BCUT2D eigenvalue weighted by Crippen LogP contribution is -2.43. The molecule has 0 fully saturated rings. The average molecular weight is 382 g/mol. The Morgan fingerprint density at radius 3 is 2.56 bits per heavy atom. The quantitative estimate of drug-likeness (QED) is 0.478. The highest BCUT2D eigenvalue weighted by atomic mass is 127. The number of nitrogens with one attached hydrogen (secondary N) is 2. The summed E-state index contributed by atoms with van der Waals surface area (Å²) in [6.45, 7) is 9.27. The second-order valence-electron chi connectivity index (χ2n) is 4.49. The van der Waals surface area contributed by atoms with Crippen molar-refractivity contribution in [3.8, 4) is 0 Å². The molecule has 0 aromatic carbocycles. The lowest BCUT2D eigenvalue weighted by Gasteiger charge is -2.20. The number of hydrogen-bond donors (Lipinski definition) is 2. The number of aryl methyl sites for hydroxylation is 1. The highest BCUT2D eigenvalue weighted by Gasteiger charge is 2.09. The van der Waals surface area contributed by atoms with Gasteiger partial charge in [0, 0.05) is 24.2 Å². The van der Waals surface area contributed by atoms with Gasteiger partial charge in [-0.2, -0.15) is 0 Å². The van der Waals surface area contributed by atoms with Crippen LogP contribution in [0.1, 0.15) is 31.5 Å². The molecule has 1 aromatic rings. The molecule has 1 heterocycles. The molecule has 0 aliphatic rings. The predicted molar refractivity (Wildman–Crippen MR) is 89.9 cm³/mol. The van der Waals surface area contributed by atoms with Crippen LogP contribution in [0.3, 0.4) is 0 Å². The molecule has 1 rings (SSSR count). The SMILES string of the molecule is CN=C(NCc1nc(C)cs1)NC(C)C(C)C.I. The van der Waals surface area contributed by atoms with E-state index in [1.54, 1.807) is 18.4 Å². The Kier molecular flexibility index (Phi) is 8.51. The molecule has 18 heavy (non-hydrogen) atoms. The number of aliphatic imine (C=N–C) groups is 1. The van der Waals surface area contributed by atoms with Crippen molar-refractivity contribution >= 4 is 41.3 Å². The first-order chi connectivity index (χ1) is 8.02. The number of nitrogens with zero attached hydrogens (tertiary/aromatic N) is 2. The smallest absolute Gasteiger partial charge is 0.191 e. The molecular formula is C12H23IN4S. The number of hydrogen-bond acceptors (Lipinski definition) is 3. The van der Waals surface area contributed by atoms with E-state index in [1.807, 2.05) is 6.92 Å². The van der Waals surface area contributed by atoms with E-state index in [-0.39, 0.29) is 24.0 Å². The number of aromatic nitrogens is 1. The molecule has 0 saturated carbocycles. The number of rotatable bonds is 4. The van der Waals surface area contributed by atoms with E-state index in [9.17, 15) is 0 Å². The largest absolute Gasteiger partial charge is 0.354 e. The maximum absolute atomic E-state index is 4.40. The topological polar surface area (TPSA) is 49.3 Å². The van der Waals surface area contributed by atoms with Gasteiger partial charge in [-0.3, -0.25) is 4.99 Å². The molecule has 4 nitrogen and oxygen atoms in total. The molecule has 2 N–H and O–H groups in total. The molecule has 1 aromatic heterocycles. The Hall–Kier alpha value is -0.370. The van der Waals surface area contributed by atoms with Crippen LogP contribution in [0.25, 0.3) is 0 Å². The minimum Gasteiger partial charge on any atom is -0.354 e. The zero-order valence-electron chi connectivity index (χ0n) is 11.7. The molecule has 0 spiro atoms. The molecule has 0 radical (unpaired) electrons. The summed E-state index contributed by atoms with van der Waals surface area (Å²) in [7, 11) is 1.79. The van der Waals surface area contributed by atoms with Crippen molar-refractivity contribution in [3.05, 3.63) is 16.1 Å². The fourth-order valence-electron chi connectivity index (χ4n) is 1.22. The Morgan fingerprint density at radius 1 is 1.44 bits per heavy atom. The van der Waals surface area contributed by atoms with Gasteiger partial charge in [0.05, 0.1) is 6.54 Å². The summed E-state index contributed by atoms with van der Waals surface area (Å²) in [5.41, 5.74) is 1.07. The van der Waals surface area contributed by atoms with E-state index in [1.165, 1.54) is 0 Å². The Balaban J connectivity index is 0.00000289. The lowest BCUT2D eigenvalue weighted by molar-refractivity contribution is 0.481. The summed E-state index contributed by atoms with van der Waals surface area (Å²) < 4.78 is 0. The highest BCUT2D eigenvalue weighted by molar-refractivity contribution is 14.0. The van der Waals surface area contributed by atoms with Crippen LogP contribution < -0.4 is 10.6 Å². The monoisotopic (exact) mass is 382 g/mol. The van der Waals surface area contributed by atoms with Gasteiger partial charge < -0.3 is 10.6 Å². The van der Waals surface area contributed by atoms with Gasteiger partial charge >= 0.3 is 0 Å². The third-order valence-electron chi connectivity index (χ3n) is 2.66. The molecule has 6 heteroatoms. The number of guanidine groups is 1. The molecule has 0 amide bonds. The van der Waals surface area contributed by atoms with Crippen LogP contribution in [0.4, 0.5) is 0 Å². The van der Waals surface area contributed by atoms with Crippen LogP contribution in [0.5, 0.6) is 0 Å². The van der Waals surface area contributed by atoms with Crippen LogP contribution in [0.2, 0.25) is 0 Å². The van der Waals surface area contributed by atoms with Gasteiger partial charge in [-0.05, 0) is 19.8 Å². The first-order valence-corrected chi connectivity index (χ1v) is 6.79. The van der Waals surface area contributed by atoms with Crippen LogP contribution in [-0.4, -0.2) is 24.0 Å². The summed E-state index contributed by atoms with van der Waals surface area (Å²) in [6.07, 6.45) is 0. The normalized spacial score (nSPS) is 13.1. The van der Waals surface area contributed by atoms with E-state index < -0.39 is 0 Å². The van der Waals surface area contributed by atoms with Gasteiger partial charge in [0.15, 0.2) is 5.96 Å². The van der Waals surface area contributed by atoms with Crippen LogP contribution in [0, 0.1) is 12.8 Å². The van der Waals surface area contributed by atoms with Crippen molar-refractivity contribution < 1.29 is 0 Å². The van der Waals surface area contributed by atoms with Crippen molar-refractivity contribution in [2.45, 2.75) is 40.3 Å². The van der Waals surface area contributed by atoms with Crippen molar-refractivity contribution in [2.75, 3.05) is 7.05 Å². The maximum Gasteiger partial charge on any atom is 0.191 e. The predicted octanol–water partition coefficient (Wildman–Crippen LogP) is 2.78. The van der Waals surface area contributed by atoms with Gasteiger partial charge in [0.25, 0.3) is 0 Å². The number of thiazole rings is 1. The lowest BCUT2D eigenvalue weighted by atomic mass is 10.1. The van der Waals surface area contributed by atoms with E-state index in [0.29, 0.717) is 12.0 Å². The fourth-order valence-corrected chi connectivity index (χ4v) is 1.93. The van der Waals surface area contributed by atoms with E-state index >= 15 is 0 Å². The standard InChI is InChI=1S/C12H22N4S.HI/c1-8(2)10(4)16-12(13-5)14-6-11-15-9(3)7-17-11;/h7-8,10H,6H2,1-5H3,(H2,13,14,16);1H. The van der Waals surface area contributed by atoms with Crippen molar-refractivity contribution in [1.29, 1.82) is 0 Å². The summed E-state index contributed by atoms with van der Waals surface area (Å²) in [6, 6.07) is 0.402.